The average Bonchev–Trinajstić information content (AvgIpc) is 1.60. The highest BCUT2D eigenvalue weighted by Gasteiger charge is 2.15. The maximum Gasteiger partial charge on any atom is 0.153 e. The Labute approximate surface area is 53.7 Å². The zero-order chi connectivity index (χ0) is 6.91. The summed E-state index contributed by atoms with van der Waals surface area (Å²) < 4.78 is 0. The van der Waals surface area contributed by atoms with Crippen LogP contribution in [0.3, 0.4) is 0 Å². The Morgan fingerprint density at radius 2 is 2.33 bits per heavy atom. The van der Waals surface area contributed by atoms with E-state index in [0.29, 0.717) is 12.1 Å². The van der Waals surface area contributed by atoms with Crippen molar-refractivity contribution >= 4 is 0 Å². The van der Waals surface area contributed by atoms with Crippen molar-refractivity contribution in [3.05, 3.63) is 23.9 Å². The van der Waals surface area contributed by atoms with Gasteiger partial charge in [-0.05, 0) is 12.2 Å². The molecule has 1 aliphatic carbocycles. The van der Waals surface area contributed by atoms with E-state index in [0.717, 1.165) is 0 Å². The van der Waals surface area contributed by atoms with Gasteiger partial charge in [0.25, 0.3) is 0 Å². The molecule has 0 bridgehead atoms. The third kappa shape index (κ3) is 1.55. The molecule has 0 heterocycles. The molecule has 0 spiro atoms. The van der Waals surface area contributed by atoms with E-state index in [1.807, 2.05) is 0 Å². The summed E-state index contributed by atoms with van der Waals surface area (Å²) in [7, 11) is 0. The first-order valence-corrected chi connectivity index (χ1v) is 2.76. The quantitative estimate of drug-likeness (QED) is 0.301. The molecular weight excluding hydrogens is 116 g/mol. The third-order valence-corrected chi connectivity index (χ3v) is 1.16. The van der Waals surface area contributed by atoms with Gasteiger partial charge in [-0.1, -0.05) is 6.08 Å². The molecule has 0 amide bonds. The molecule has 1 atom stereocenters. The van der Waals surface area contributed by atoms with Crippen molar-refractivity contribution in [2.24, 2.45) is 11.5 Å². The van der Waals surface area contributed by atoms with Gasteiger partial charge in [0.1, 0.15) is 0 Å². The second-order valence-corrected chi connectivity index (χ2v) is 2.21. The van der Waals surface area contributed by atoms with Crippen molar-refractivity contribution < 1.29 is 5.11 Å². The fourth-order valence-corrected chi connectivity index (χ4v) is 0.788. The minimum absolute atomic E-state index is 0.613. The molecule has 0 aromatic rings. The molecule has 1 aliphatic rings. The Bertz CT molecular complexity index is 170. The van der Waals surface area contributed by atoms with Crippen LogP contribution in [0.5, 0.6) is 0 Å². The van der Waals surface area contributed by atoms with Crippen molar-refractivity contribution in [1.29, 1.82) is 0 Å². The summed E-state index contributed by atoms with van der Waals surface area (Å²) in [4.78, 5) is 0. The van der Waals surface area contributed by atoms with Gasteiger partial charge >= 0.3 is 0 Å². The first-order chi connectivity index (χ1) is 4.10. The zero-order valence-electron chi connectivity index (χ0n) is 5.04. The molecule has 3 heteroatoms. The Morgan fingerprint density at radius 3 is 2.67 bits per heavy atom. The number of aliphatic hydroxyl groups is 1. The molecule has 5 N–H and O–H groups in total. The van der Waals surface area contributed by atoms with Crippen LogP contribution in [0.25, 0.3) is 0 Å². The molecule has 0 fully saturated rings. The third-order valence-electron chi connectivity index (χ3n) is 1.16. The summed E-state index contributed by atoms with van der Waals surface area (Å²) in [6.45, 7) is 0. The van der Waals surface area contributed by atoms with Gasteiger partial charge in [0.05, 0.1) is 0 Å². The molecule has 1 rings (SSSR count). The summed E-state index contributed by atoms with van der Waals surface area (Å²) >= 11 is 0. The maximum absolute atomic E-state index is 9.08. The van der Waals surface area contributed by atoms with Gasteiger partial charge in [0.15, 0.2) is 5.72 Å². The van der Waals surface area contributed by atoms with Crippen LogP contribution in [0, 0.1) is 0 Å². The van der Waals surface area contributed by atoms with Crippen molar-refractivity contribution in [2.75, 3.05) is 0 Å². The summed E-state index contributed by atoms with van der Waals surface area (Å²) in [5.41, 5.74) is 9.96. The number of hydrogen-bond donors (Lipinski definition) is 3. The number of rotatable bonds is 0. The lowest BCUT2D eigenvalue weighted by Gasteiger charge is -2.18. The van der Waals surface area contributed by atoms with Crippen LogP contribution in [0.1, 0.15) is 6.42 Å². The molecule has 0 aliphatic heterocycles. The van der Waals surface area contributed by atoms with Crippen LogP contribution < -0.4 is 11.5 Å². The standard InChI is InChI=1S/C6H10N2O/c7-5-2-1-3-6(8,9)4-5/h1,3-4,9H,2,7-8H2. The van der Waals surface area contributed by atoms with Crippen molar-refractivity contribution in [3.63, 3.8) is 0 Å². The van der Waals surface area contributed by atoms with E-state index in [4.69, 9.17) is 16.6 Å². The normalized spacial score (nSPS) is 34.2. The predicted molar refractivity (Wildman–Crippen MR) is 35.2 cm³/mol. The number of nitrogens with two attached hydrogens (primary N) is 2. The fourth-order valence-electron chi connectivity index (χ4n) is 0.788. The zero-order valence-corrected chi connectivity index (χ0v) is 5.04. The molecule has 0 aromatic carbocycles. The monoisotopic (exact) mass is 126 g/mol. The number of hydrogen-bond acceptors (Lipinski definition) is 3. The van der Waals surface area contributed by atoms with Gasteiger partial charge in [0, 0.05) is 12.1 Å². The Morgan fingerprint density at radius 1 is 1.67 bits per heavy atom. The molecule has 1 unspecified atom stereocenters. The molecule has 0 saturated heterocycles. The largest absolute Gasteiger partial charge is 0.402 e. The average molecular weight is 126 g/mol. The highest BCUT2D eigenvalue weighted by atomic mass is 16.3. The van der Waals surface area contributed by atoms with E-state index in [-0.39, 0.29) is 0 Å². The van der Waals surface area contributed by atoms with E-state index < -0.39 is 5.72 Å². The Kier molecular flexibility index (Phi) is 1.31. The topological polar surface area (TPSA) is 72.3 Å². The Hall–Kier alpha value is -0.800. The number of allylic oxidation sites excluding steroid dienone is 1. The Balaban J connectivity index is 2.78. The summed E-state index contributed by atoms with van der Waals surface area (Å²) in [5.74, 6) is 0. The minimum Gasteiger partial charge on any atom is -0.402 e. The van der Waals surface area contributed by atoms with E-state index in [2.05, 4.69) is 0 Å². The van der Waals surface area contributed by atoms with Crippen LogP contribution >= 0.6 is 0 Å². The predicted octanol–water partition coefficient (Wildman–Crippen LogP) is -0.564. The molecule has 0 saturated carbocycles. The van der Waals surface area contributed by atoms with E-state index >= 15 is 0 Å². The maximum atomic E-state index is 9.08. The van der Waals surface area contributed by atoms with Gasteiger partial charge in [-0.3, -0.25) is 5.73 Å². The van der Waals surface area contributed by atoms with E-state index in [1.54, 1.807) is 6.08 Å². The lowest BCUT2D eigenvalue weighted by atomic mass is 10.1. The van der Waals surface area contributed by atoms with Gasteiger partial charge in [-0.2, -0.15) is 0 Å². The summed E-state index contributed by atoms with van der Waals surface area (Å²) in [5, 5.41) is 9.08. The van der Waals surface area contributed by atoms with Gasteiger partial charge in [0.2, 0.25) is 0 Å². The fraction of sp³-hybridized carbons (Fsp3) is 0.333. The van der Waals surface area contributed by atoms with Crippen molar-refractivity contribution in [2.45, 2.75) is 12.1 Å². The van der Waals surface area contributed by atoms with Gasteiger partial charge < -0.3 is 10.8 Å². The first kappa shape index (κ1) is 6.32. The first-order valence-electron chi connectivity index (χ1n) is 2.76. The second-order valence-electron chi connectivity index (χ2n) is 2.21. The van der Waals surface area contributed by atoms with Crippen LogP contribution in [0.4, 0.5) is 0 Å². The lowest BCUT2D eigenvalue weighted by Crippen LogP contribution is -2.37. The second kappa shape index (κ2) is 1.86. The van der Waals surface area contributed by atoms with E-state index in [9.17, 15) is 0 Å². The van der Waals surface area contributed by atoms with Crippen LogP contribution in [0.2, 0.25) is 0 Å². The smallest absolute Gasteiger partial charge is 0.153 e. The summed E-state index contributed by atoms with van der Waals surface area (Å²) in [6, 6.07) is 0. The van der Waals surface area contributed by atoms with E-state index in [1.165, 1.54) is 12.2 Å². The van der Waals surface area contributed by atoms with Crippen LogP contribution in [-0.4, -0.2) is 10.8 Å². The van der Waals surface area contributed by atoms with Crippen molar-refractivity contribution in [3.8, 4) is 0 Å². The highest BCUT2D eigenvalue weighted by molar-refractivity contribution is 5.22. The van der Waals surface area contributed by atoms with Crippen LogP contribution in [-0.2, 0) is 0 Å². The molecule has 9 heavy (non-hydrogen) atoms. The summed E-state index contributed by atoms with van der Waals surface area (Å²) in [6.07, 6.45) is 5.38. The SMILES string of the molecule is NC1=CC(N)(O)C=CC1. The highest BCUT2D eigenvalue weighted by Crippen LogP contribution is 2.11. The van der Waals surface area contributed by atoms with Crippen molar-refractivity contribution in [1.82, 2.24) is 0 Å². The molecular formula is C6H10N2O. The van der Waals surface area contributed by atoms with Gasteiger partial charge in [-0.25, -0.2) is 0 Å². The van der Waals surface area contributed by atoms with Crippen LogP contribution in [0.15, 0.2) is 23.9 Å². The molecule has 0 radical (unpaired) electrons. The molecule has 3 nitrogen and oxygen atoms in total. The molecule has 0 aromatic heterocycles. The molecule has 50 valence electrons. The van der Waals surface area contributed by atoms with Gasteiger partial charge in [-0.15, -0.1) is 0 Å². The lowest BCUT2D eigenvalue weighted by molar-refractivity contribution is 0.147. The minimum atomic E-state index is -1.32.